The Morgan fingerprint density at radius 3 is 2.69 bits per heavy atom. The normalized spacial score (nSPS) is 22.2. The molecule has 0 aliphatic carbocycles. The third-order valence-electron chi connectivity index (χ3n) is 6.96. The van der Waals surface area contributed by atoms with Gasteiger partial charge in [-0.3, -0.25) is 0 Å². The molecule has 3 fully saturated rings. The third kappa shape index (κ3) is 3.71. The number of hydrogen-bond acceptors (Lipinski definition) is 6. The Bertz CT molecular complexity index is 1190. The van der Waals surface area contributed by atoms with E-state index < -0.39 is 0 Å². The van der Waals surface area contributed by atoms with Gasteiger partial charge in [-0.05, 0) is 56.3 Å². The molecule has 0 N–H and O–H groups in total. The highest BCUT2D eigenvalue weighted by molar-refractivity contribution is 5.74. The number of benzene rings is 1. The lowest BCUT2D eigenvalue weighted by Gasteiger charge is -2.45. The first-order chi connectivity index (χ1) is 15.6. The van der Waals surface area contributed by atoms with E-state index in [0.29, 0.717) is 59.5 Å². The van der Waals surface area contributed by atoms with Crippen molar-refractivity contribution in [3.63, 3.8) is 0 Å². The molecule has 2 bridgehead atoms. The van der Waals surface area contributed by atoms with Crippen LogP contribution in [0.1, 0.15) is 47.8 Å². The van der Waals surface area contributed by atoms with Gasteiger partial charge in [0.15, 0.2) is 5.65 Å². The SMILES string of the molecule is COc1nc(C)c2nc(CCC#N)n(Cc3ccc(C4CN5CCC4CC5)cc3F)c2n1. The Labute approximate surface area is 186 Å². The van der Waals surface area contributed by atoms with Gasteiger partial charge in [-0.1, -0.05) is 12.1 Å². The molecule has 3 aromatic rings. The van der Waals surface area contributed by atoms with Gasteiger partial charge in [-0.25, -0.2) is 9.37 Å². The molecule has 3 aliphatic heterocycles. The summed E-state index contributed by atoms with van der Waals surface area (Å²) in [5.41, 5.74) is 3.64. The predicted molar refractivity (Wildman–Crippen MR) is 118 cm³/mol. The average molecular weight is 435 g/mol. The number of halogens is 1. The highest BCUT2D eigenvalue weighted by Crippen LogP contribution is 2.39. The lowest BCUT2D eigenvalue weighted by atomic mass is 9.75. The topological polar surface area (TPSA) is 79.9 Å². The molecule has 0 saturated carbocycles. The van der Waals surface area contributed by atoms with Crippen molar-refractivity contribution in [2.24, 2.45) is 5.92 Å². The Kier molecular flexibility index (Phi) is 5.51. The molecule has 32 heavy (non-hydrogen) atoms. The van der Waals surface area contributed by atoms with Crippen LogP contribution >= 0.6 is 0 Å². The summed E-state index contributed by atoms with van der Waals surface area (Å²) in [7, 11) is 1.52. The molecular weight excluding hydrogens is 407 g/mol. The zero-order valence-electron chi connectivity index (χ0n) is 18.5. The highest BCUT2D eigenvalue weighted by Gasteiger charge is 2.35. The van der Waals surface area contributed by atoms with E-state index >= 15 is 4.39 Å². The van der Waals surface area contributed by atoms with E-state index in [1.165, 1.54) is 33.0 Å². The number of fused-ring (bicyclic) bond motifs is 4. The van der Waals surface area contributed by atoms with Crippen molar-refractivity contribution >= 4 is 11.2 Å². The number of methoxy groups -OCH3 is 1. The predicted octanol–water partition coefficient (Wildman–Crippen LogP) is 3.60. The van der Waals surface area contributed by atoms with Gasteiger partial charge in [0.05, 0.1) is 25.4 Å². The van der Waals surface area contributed by atoms with Crippen LogP contribution in [0.3, 0.4) is 0 Å². The summed E-state index contributed by atoms with van der Waals surface area (Å²) in [6.07, 6.45) is 3.21. The smallest absolute Gasteiger partial charge is 0.318 e. The van der Waals surface area contributed by atoms with E-state index in [9.17, 15) is 0 Å². The number of rotatable bonds is 6. The van der Waals surface area contributed by atoms with Gasteiger partial charge in [0.1, 0.15) is 17.2 Å². The Hall–Kier alpha value is -3.05. The maximum atomic E-state index is 15.3. The summed E-state index contributed by atoms with van der Waals surface area (Å²) in [6, 6.07) is 8.11. The number of nitriles is 1. The van der Waals surface area contributed by atoms with Crippen LogP contribution in [0, 0.1) is 30.0 Å². The van der Waals surface area contributed by atoms with E-state index in [4.69, 9.17) is 10.00 Å². The van der Waals surface area contributed by atoms with Crippen molar-refractivity contribution in [1.29, 1.82) is 5.26 Å². The lowest BCUT2D eigenvalue weighted by molar-refractivity contribution is 0.0870. The molecule has 1 atom stereocenters. The number of hydrogen-bond donors (Lipinski definition) is 0. The van der Waals surface area contributed by atoms with Gasteiger partial charge >= 0.3 is 6.01 Å². The summed E-state index contributed by atoms with van der Waals surface area (Å²) in [4.78, 5) is 16.0. The number of piperidine rings is 3. The minimum atomic E-state index is -0.204. The number of aryl methyl sites for hydroxylation is 2. The lowest BCUT2D eigenvalue weighted by Crippen LogP contribution is -2.46. The molecule has 166 valence electrons. The van der Waals surface area contributed by atoms with Crippen LogP contribution in [-0.4, -0.2) is 51.2 Å². The first kappa shape index (κ1) is 20.8. The number of nitrogens with zero attached hydrogens (tertiary/aromatic N) is 6. The molecule has 5 heterocycles. The molecule has 7 nitrogen and oxygen atoms in total. The number of ether oxygens (including phenoxy) is 1. The van der Waals surface area contributed by atoms with Crippen LogP contribution in [0.2, 0.25) is 0 Å². The molecule has 1 aromatic carbocycles. The summed E-state index contributed by atoms with van der Waals surface area (Å²) < 4.78 is 22.4. The zero-order chi connectivity index (χ0) is 22.2. The minimum absolute atomic E-state index is 0.204. The van der Waals surface area contributed by atoms with E-state index in [2.05, 4.69) is 32.0 Å². The molecule has 0 radical (unpaired) electrons. The number of imidazole rings is 1. The van der Waals surface area contributed by atoms with Gasteiger partial charge in [0, 0.05) is 24.9 Å². The van der Waals surface area contributed by atoms with Gasteiger partial charge in [0.25, 0.3) is 0 Å². The molecule has 3 aliphatic rings. The highest BCUT2D eigenvalue weighted by atomic mass is 19.1. The third-order valence-corrected chi connectivity index (χ3v) is 6.96. The van der Waals surface area contributed by atoms with Gasteiger partial charge in [-0.15, -0.1) is 0 Å². The molecule has 3 saturated heterocycles. The Morgan fingerprint density at radius 1 is 1.22 bits per heavy atom. The van der Waals surface area contributed by atoms with E-state index in [1.54, 1.807) is 6.07 Å². The van der Waals surface area contributed by atoms with Crippen LogP contribution in [-0.2, 0) is 13.0 Å². The molecule has 1 unspecified atom stereocenters. The van der Waals surface area contributed by atoms with Crippen molar-refractivity contribution in [2.75, 3.05) is 26.7 Å². The first-order valence-electron chi connectivity index (χ1n) is 11.2. The molecule has 0 amide bonds. The maximum absolute atomic E-state index is 15.3. The number of aromatic nitrogens is 4. The fourth-order valence-corrected chi connectivity index (χ4v) is 5.21. The van der Waals surface area contributed by atoms with Crippen molar-refractivity contribution in [1.82, 2.24) is 24.4 Å². The van der Waals surface area contributed by atoms with Crippen molar-refractivity contribution < 1.29 is 9.13 Å². The minimum Gasteiger partial charge on any atom is -0.467 e. The van der Waals surface area contributed by atoms with Crippen LogP contribution in [0.15, 0.2) is 18.2 Å². The fraction of sp³-hybridized carbons (Fsp3) is 0.500. The second kappa shape index (κ2) is 8.47. The molecule has 2 aromatic heterocycles. The summed E-state index contributed by atoms with van der Waals surface area (Å²) in [6.45, 7) is 5.52. The van der Waals surface area contributed by atoms with Crippen molar-refractivity contribution in [3.8, 4) is 12.1 Å². The monoisotopic (exact) mass is 434 g/mol. The summed E-state index contributed by atoms with van der Waals surface area (Å²) >= 11 is 0. The second-order valence-corrected chi connectivity index (χ2v) is 8.84. The maximum Gasteiger partial charge on any atom is 0.318 e. The molecule has 0 spiro atoms. The fourth-order valence-electron chi connectivity index (χ4n) is 5.21. The summed E-state index contributed by atoms with van der Waals surface area (Å²) in [5.74, 6) is 1.58. The summed E-state index contributed by atoms with van der Waals surface area (Å²) in [5, 5.41) is 9.06. The van der Waals surface area contributed by atoms with Crippen LogP contribution in [0.5, 0.6) is 6.01 Å². The van der Waals surface area contributed by atoms with Crippen molar-refractivity contribution in [2.45, 2.75) is 45.1 Å². The standard InChI is InChI=1S/C24H27FN6O/c1-15-22-23(29-24(27-15)32-2)31(21(28-22)4-3-9-26)13-18-6-5-17(12-20(18)25)19-14-30-10-7-16(19)8-11-30/h5-6,12,16,19H,3-4,7-8,10-11,13-14H2,1-2H3. The van der Waals surface area contributed by atoms with Gasteiger partial charge in [-0.2, -0.15) is 15.2 Å². The largest absolute Gasteiger partial charge is 0.467 e. The van der Waals surface area contributed by atoms with Crippen LogP contribution < -0.4 is 4.74 Å². The first-order valence-corrected chi connectivity index (χ1v) is 11.2. The van der Waals surface area contributed by atoms with E-state index in [1.807, 2.05) is 17.6 Å². The van der Waals surface area contributed by atoms with E-state index in [-0.39, 0.29) is 11.8 Å². The average Bonchev–Trinajstić information content (AvgIpc) is 3.17. The molecular formula is C24H27FN6O. The van der Waals surface area contributed by atoms with Crippen LogP contribution in [0.25, 0.3) is 11.2 Å². The Balaban J connectivity index is 1.49. The van der Waals surface area contributed by atoms with Crippen molar-refractivity contribution in [3.05, 3.63) is 46.7 Å². The molecule has 8 heteroatoms. The van der Waals surface area contributed by atoms with Crippen LogP contribution in [0.4, 0.5) is 4.39 Å². The van der Waals surface area contributed by atoms with Gasteiger partial charge in [0.2, 0.25) is 0 Å². The second-order valence-electron chi connectivity index (χ2n) is 8.84. The quantitative estimate of drug-likeness (QED) is 0.590. The Morgan fingerprint density at radius 2 is 2.03 bits per heavy atom. The zero-order valence-corrected chi connectivity index (χ0v) is 18.5. The van der Waals surface area contributed by atoms with E-state index in [0.717, 1.165) is 12.1 Å². The van der Waals surface area contributed by atoms with Gasteiger partial charge < -0.3 is 14.2 Å². The molecule has 6 rings (SSSR count).